The minimum Gasteiger partial charge on any atom is -0.344 e. The third-order valence-corrected chi connectivity index (χ3v) is 6.54. The van der Waals surface area contributed by atoms with Crippen molar-refractivity contribution in [2.24, 2.45) is 11.8 Å². The van der Waals surface area contributed by atoms with E-state index in [4.69, 9.17) is 0 Å². The van der Waals surface area contributed by atoms with Crippen LogP contribution < -0.4 is 0 Å². The summed E-state index contributed by atoms with van der Waals surface area (Å²) in [5.41, 5.74) is 3.44. The van der Waals surface area contributed by atoms with E-state index in [9.17, 15) is 9.59 Å². The van der Waals surface area contributed by atoms with E-state index in [0.717, 1.165) is 17.0 Å². The van der Waals surface area contributed by atoms with Crippen molar-refractivity contribution >= 4 is 11.8 Å². The summed E-state index contributed by atoms with van der Waals surface area (Å²) < 4.78 is 2.00. The zero-order valence-corrected chi connectivity index (χ0v) is 19.6. The van der Waals surface area contributed by atoms with Gasteiger partial charge in [0, 0.05) is 45.6 Å². The second-order valence-electron chi connectivity index (χ2n) is 9.04. The summed E-state index contributed by atoms with van der Waals surface area (Å²) in [4.78, 5) is 34.2. The molecule has 172 valence electrons. The molecule has 1 aliphatic rings. The second kappa shape index (κ2) is 10.0. The number of imidazole rings is 1. The molecule has 3 aromatic rings. The topological polar surface area (TPSA) is 58.4 Å². The first-order valence-corrected chi connectivity index (χ1v) is 11.6. The van der Waals surface area contributed by atoms with Crippen LogP contribution in [0, 0.1) is 18.8 Å². The summed E-state index contributed by atoms with van der Waals surface area (Å²) in [6.45, 7) is 6.07. The molecule has 2 aromatic carbocycles. The van der Waals surface area contributed by atoms with E-state index in [1.807, 2.05) is 54.8 Å². The van der Waals surface area contributed by atoms with E-state index in [2.05, 4.69) is 41.4 Å². The summed E-state index contributed by atoms with van der Waals surface area (Å²) in [5, 5.41) is 0. The number of carbonyl (C=O) groups is 2. The Bertz CT molecular complexity index is 1090. The van der Waals surface area contributed by atoms with Gasteiger partial charge >= 0.3 is 0 Å². The lowest BCUT2D eigenvalue weighted by atomic mass is 9.95. The summed E-state index contributed by atoms with van der Waals surface area (Å²) in [7, 11) is 1.83. The van der Waals surface area contributed by atoms with Crippen LogP contribution in [0.25, 0.3) is 11.1 Å². The molecule has 1 saturated heterocycles. The minimum atomic E-state index is -0.244. The Morgan fingerprint density at radius 1 is 1.06 bits per heavy atom. The summed E-state index contributed by atoms with van der Waals surface area (Å²) in [6.07, 6.45) is 4.28. The number of benzene rings is 2. The number of aryl methyl sites for hydroxylation is 1. The number of likely N-dealkylation sites (N-methyl/N-ethyl adjacent to an activating group) is 1. The Morgan fingerprint density at radius 2 is 1.76 bits per heavy atom. The normalized spacial score (nSPS) is 17.7. The van der Waals surface area contributed by atoms with E-state index in [-0.39, 0.29) is 23.7 Å². The van der Waals surface area contributed by atoms with Gasteiger partial charge in [0.15, 0.2) is 0 Å². The van der Waals surface area contributed by atoms with Gasteiger partial charge in [0.05, 0.1) is 11.8 Å². The molecule has 2 unspecified atom stereocenters. The Hall–Kier alpha value is -3.41. The van der Waals surface area contributed by atoms with Crippen LogP contribution in [0.15, 0.2) is 67.0 Å². The zero-order chi connectivity index (χ0) is 23.4. The van der Waals surface area contributed by atoms with Crippen LogP contribution in [0.5, 0.6) is 0 Å². The SMILES string of the molecule is Cc1nccn1CC(C)C(=O)N1CCN(C)C(=O)C(Cc2ccc(-c3ccccc3)cc2)C1. The van der Waals surface area contributed by atoms with Crippen molar-refractivity contribution < 1.29 is 9.59 Å². The molecule has 0 radical (unpaired) electrons. The highest BCUT2D eigenvalue weighted by Crippen LogP contribution is 2.22. The number of hydrogen-bond acceptors (Lipinski definition) is 3. The molecular weight excluding hydrogens is 412 g/mol. The third kappa shape index (κ3) is 5.33. The fourth-order valence-electron chi connectivity index (χ4n) is 4.51. The average molecular weight is 445 g/mol. The van der Waals surface area contributed by atoms with Gasteiger partial charge in [-0.1, -0.05) is 61.5 Å². The first-order chi connectivity index (χ1) is 15.9. The van der Waals surface area contributed by atoms with Gasteiger partial charge in [-0.15, -0.1) is 0 Å². The number of carbonyl (C=O) groups excluding carboxylic acids is 2. The molecule has 0 saturated carbocycles. The van der Waals surface area contributed by atoms with Gasteiger partial charge in [0.2, 0.25) is 11.8 Å². The minimum absolute atomic E-state index is 0.0932. The van der Waals surface area contributed by atoms with Crippen LogP contribution in [0.4, 0.5) is 0 Å². The standard InChI is InChI=1S/C27H32N4O2/c1-20(18-30-14-13-28-21(30)2)26(32)31-16-15-29(3)27(33)25(19-31)17-22-9-11-24(12-10-22)23-7-5-4-6-8-23/h4-14,20,25H,15-19H2,1-3H3. The lowest BCUT2D eigenvalue weighted by molar-refractivity contribution is -0.136. The van der Waals surface area contributed by atoms with E-state index >= 15 is 0 Å². The molecule has 2 atom stereocenters. The van der Waals surface area contributed by atoms with Gasteiger partial charge < -0.3 is 14.4 Å². The van der Waals surface area contributed by atoms with Crippen molar-refractivity contribution in [3.8, 4) is 11.1 Å². The van der Waals surface area contributed by atoms with Crippen LogP contribution in [0.2, 0.25) is 0 Å². The summed E-state index contributed by atoms with van der Waals surface area (Å²) in [5.74, 6) is 0.678. The van der Waals surface area contributed by atoms with Crippen molar-refractivity contribution in [1.82, 2.24) is 19.4 Å². The fourth-order valence-corrected chi connectivity index (χ4v) is 4.51. The molecule has 0 N–H and O–H groups in total. The first-order valence-electron chi connectivity index (χ1n) is 11.6. The molecule has 1 aliphatic heterocycles. The van der Waals surface area contributed by atoms with Crippen LogP contribution in [-0.2, 0) is 22.6 Å². The maximum absolute atomic E-state index is 13.3. The largest absolute Gasteiger partial charge is 0.344 e. The maximum Gasteiger partial charge on any atom is 0.227 e. The summed E-state index contributed by atoms with van der Waals surface area (Å²) >= 11 is 0. The highest BCUT2D eigenvalue weighted by Gasteiger charge is 2.32. The molecule has 1 aromatic heterocycles. The van der Waals surface area contributed by atoms with Crippen molar-refractivity contribution in [3.63, 3.8) is 0 Å². The highest BCUT2D eigenvalue weighted by atomic mass is 16.2. The van der Waals surface area contributed by atoms with Gasteiger partial charge in [-0.25, -0.2) is 4.98 Å². The average Bonchev–Trinajstić information content (AvgIpc) is 3.18. The maximum atomic E-state index is 13.3. The molecule has 6 nitrogen and oxygen atoms in total. The fraction of sp³-hybridized carbons (Fsp3) is 0.370. The molecule has 1 fully saturated rings. The van der Waals surface area contributed by atoms with Crippen molar-refractivity contribution in [1.29, 1.82) is 0 Å². The van der Waals surface area contributed by atoms with Gasteiger partial charge in [-0.2, -0.15) is 0 Å². The molecule has 33 heavy (non-hydrogen) atoms. The predicted octanol–water partition coefficient (Wildman–Crippen LogP) is 3.65. The van der Waals surface area contributed by atoms with E-state index in [1.165, 1.54) is 5.56 Å². The number of rotatable bonds is 6. The van der Waals surface area contributed by atoms with E-state index < -0.39 is 0 Å². The van der Waals surface area contributed by atoms with Crippen molar-refractivity contribution in [2.75, 3.05) is 26.7 Å². The molecule has 2 heterocycles. The molecule has 0 spiro atoms. The zero-order valence-electron chi connectivity index (χ0n) is 19.6. The Morgan fingerprint density at radius 3 is 2.42 bits per heavy atom. The monoisotopic (exact) mass is 444 g/mol. The molecule has 4 rings (SSSR count). The first kappa shape index (κ1) is 22.8. The molecule has 6 heteroatoms. The Balaban J connectivity index is 1.45. The van der Waals surface area contributed by atoms with Crippen LogP contribution in [0.1, 0.15) is 18.3 Å². The number of aromatic nitrogens is 2. The van der Waals surface area contributed by atoms with Gasteiger partial charge in [0.1, 0.15) is 5.82 Å². The van der Waals surface area contributed by atoms with Gasteiger partial charge in [-0.05, 0) is 30.0 Å². The molecule has 0 aliphatic carbocycles. The Kier molecular flexibility index (Phi) is 6.92. The Labute approximate surface area is 195 Å². The van der Waals surface area contributed by atoms with Crippen LogP contribution in [-0.4, -0.2) is 57.8 Å². The lowest BCUT2D eigenvalue weighted by Gasteiger charge is -2.26. The van der Waals surface area contributed by atoms with Gasteiger partial charge in [0.25, 0.3) is 0 Å². The smallest absolute Gasteiger partial charge is 0.227 e. The summed E-state index contributed by atoms with van der Waals surface area (Å²) in [6, 6.07) is 18.7. The molecule has 0 bridgehead atoms. The highest BCUT2D eigenvalue weighted by molar-refractivity contribution is 5.83. The lowest BCUT2D eigenvalue weighted by Crippen LogP contribution is -2.41. The second-order valence-corrected chi connectivity index (χ2v) is 9.04. The van der Waals surface area contributed by atoms with E-state index in [1.54, 1.807) is 11.1 Å². The van der Waals surface area contributed by atoms with Crippen LogP contribution in [0.3, 0.4) is 0 Å². The van der Waals surface area contributed by atoms with Gasteiger partial charge in [-0.3, -0.25) is 9.59 Å². The van der Waals surface area contributed by atoms with Crippen molar-refractivity contribution in [2.45, 2.75) is 26.8 Å². The quantitative estimate of drug-likeness (QED) is 0.583. The predicted molar refractivity (Wildman–Crippen MR) is 129 cm³/mol. The number of amides is 2. The number of hydrogen-bond donors (Lipinski definition) is 0. The van der Waals surface area contributed by atoms with E-state index in [0.29, 0.717) is 32.6 Å². The van der Waals surface area contributed by atoms with Crippen molar-refractivity contribution in [3.05, 3.63) is 78.4 Å². The van der Waals surface area contributed by atoms with Crippen LogP contribution >= 0.6 is 0 Å². The number of nitrogens with zero attached hydrogens (tertiary/aromatic N) is 4. The molecule has 2 amide bonds. The third-order valence-electron chi connectivity index (χ3n) is 6.54. The molecular formula is C27H32N4O2.